The number of carbonyl (C=O) groups excluding carboxylic acids is 1. The van der Waals surface area contributed by atoms with Gasteiger partial charge in [-0.25, -0.2) is 0 Å². The summed E-state index contributed by atoms with van der Waals surface area (Å²) in [5.41, 5.74) is 3.10. The third-order valence-electron chi connectivity index (χ3n) is 3.86. The van der Waals surface area contributed by atoms with E-state index in [9.17, 15) is 9.90 Å². The van der Waals surface area contributed by atoms with Gasteiger partial charge in [0.1, 0.15) is 12.4 Å². The lowest BCUT2D eigenvalue weighted by Crippen LogP contribution is -2.38. The van der Waals surface area contributed by atoms with Crippen molar-refractivity contribution in [2.75, 3.05) is 13.2 Å². The first-order valence-electron chi connectivity index (χ1n) is 7.90. The van der Waals surface area contributed by atoms with Crippen LogP contribution in [0.25, 0.3) is 0 Å². The van der Waals surface area contributed by atoms with Gasteiger partial charge < -0.3 is 14.7 Å². The Labute approximate surface area is 141 Å². The highest BCUT2D eigenvalue weighted by atomic mass is 16.5. The molecule has 0 unspecified atom stereocenters. The Bertz CT molecular complexity index is 767. The van der Waals surface area contributed by atoms with Crippen LogP contribution >= 0.6 is 0 Å². The van der Waals surface area contributed by atoms with Crippen LogP contribution in [0.1, 0.15) is 28.7 Å². The van der Waals surface area contributed by atoms with E-state index in [1.807, 2.05) is 29.8 Å². The van der Waals surface area contributed by atoms with Crippen LogP contribution in [0.15, 0.2) is 42.5 Å². The van der Waals surface area contributed by atoms with E-state index in [1.165, 1.54) is 0 Å². The van der Waals surface area contributed by atoms with Gasteiger partial charge in [-0.1, -0.05) is 12.6 Å². The zero-order chi connectivity index (χ0) is 17.1. The summed E-state index contributed by atoms with van der Waals surface area (Å²) in [5.74, 6) is 0.627. The predicted molar refractivity (Wildman–Crippen MR) is 89.6 cm³/mol. The fraction of sp³-hybridized carbons (Fsp3) is 0.333. The van der Waals surface area contributed by atoms with Crippen molar-refractivity contribution in [1.29, 1.82) is 0 Å². The summed E-state index contributed by atoms with van der Waals surface area (Å²) in [6.07, 6.45) is 0. The minimum atomic E-state index is -0.0873. The van der Waals surface area contributed by atoms with Gasteiger partial charge in [-0.05, 0) is 36.8 Å². The second-order valence-electron chi connectivity index (χ2n) is 6.01. The molecule has 0 bridgehead atoms. The number of rotatable bonds is 5. The number of carbonyl (C=O) groups is 1. The lowest BCUT2D eigenvalue weighted by molar-refractivity contribution is 0.0705. The first kappa shape index (κ1) is 16.3. The number of fused-ring (bicyclic) bond motifs is 1. The van der Waals surface area contributed by atoms with E-state index >= 15 is 0 Å². The van der Waals surface area contributed by atoms with Crippen molar-refractivity contribution < 1.29 is 14.6 Å². The molecule has 0 atom stereocenters. The highest BCUT2D eigenvalue weighted by molar-refractivity contribution is 5.94. The monoisotopic (exact) mass is 327 g/mol. The zero-order valence-electron chi connectivity index (χ0n) is 13.7. The number of ether oxygens (including phenoxy) is 1. The second kappa shape index (κ2) is 6.88. The van der Waals surface area contributed by atoms with Crippen LogP contribution in [0.5, 0.6) is 5.75 Å². The Hall–Kier alpha value is -2.60. The fourth-order valence-electron chi connectivity index (χ4n) is 2.68. The molecule has 126 valence electrons. The standard InChI is InChI=1S/C18H21N3O3/c1-13(2)12-24-17-5-3-4-14(8-17)18(23)20-6-7-21-16(10-20)9-15(11-22)19-21/h3-5,8-9,22H,1,6-7,10-12H2,2H3. The minimum Gasteiger partial charge on any atom is -0.489 e. The third kappa shape index (κ3) is 3.49. The number of aromatic nitrogens is 2. The topological polar surface area (TPSA) is 67.6 Å². The number of aliphatic hydroxyl groups is 1. The maximum atomic E-state index is 12.7. The summed E-state index contributed by atoms with van der Waals surface area (Å²) in [5, 5.41) is 13.5. The largest absolute Gasteiger partial charge is 0.489 e. The van der Waals surface area contributed by atoms with Crippen LogP contribution < -0.4 is 4.74 Å². The molecule has 0 saturated heterocycles. The van der Waals surface area contributed by atoms with E-state index in [0.717, 1.165) is 11.3 Å². The lowest BCUT2D eigenvalue weighted by atomic mass is 10.1. The molecular weight excluding hydrogens is 306 g/mol. The number of aliphatic hydroxyl groups excluding tert-OH is 1. The molecular formula is C18H21N3O3. The molecule has 24 heavy (non-hydrogen) atoms. The molecule has 0 spiro atoms. The van der Waals surface area contributed by atoms with Gasteiger partial charge in [0.15, 0.2) is 0 Å². The molecule has 6 nitrogen and oxygen atoms in total. The molecule has 1 amide bonds. The first-order valence-corrected chi connectivity index (χ1v) is 7.90. The summed E-state index contributed by atoms with van der Waals surface area (Å²) in [4.78, 5) is 14.5. The molecule has 3 rings (SSSR count). The van der Waals surface area contributed by atoms with Gasteiger partial charge in [0, 0.05) is 12.1 Å². The third-order valence-corrected chi connectivity index (χ3v) is 3.86. The van der Waals surface area contributed by atoms with E-state index in [1.54, 1.807) is 17.0 Å². The van der Waals surface area contributed by atoms with Crippen molar-refractivity contribution in [3.8, 4) is 5.75 Å². The van der Waals surface area contributed by atoms with Gasteiger partial charge in [0.25, 0.3) is 5.91 Å². The van der Waals surface area contributed by atoms with Crippen LogP contribution in [0.3, 0.4) is 0 Å². The summed E-state index contributed by atoms with van der Waals surface area (Å²) in [6, 6.07) is 9.04. The van der Waals surface area contributed by atoms with Gasteiger partial charge in [-0.15, -0.1) is 0 Å². The maximum absolute atomic E-state index is 12.7. The normalized spacial score (nSPS) is 13.5. The van der Waals surface area contributed by atoms with Crippen LogP contribution in [0, 0.1) is 0 Å². The molecule has 1 aliphatic heterocycles. The van der Waals surface area contributed by atoms with E-state index in [-0.39, 0.29) is 12.5 Å². The zero-order valence-corrected chi connectivity index (χ0v) is 13.7. The van der Waals surface area contributed by atoms with E-state index in [2.05, 4.69) is 11.7 Å². The SMILES string of the molecule is C=C(C)COc1cccc(C(=O)N2CCn3nc(CO)cc3C2)c1. The fourth-order valence-corrected chi connectivity index (χ4v) is 2.68. The number of nitrogens with zero attached hydrogens (tertiary/aromatic N) is 3. The van der Waals surface area contributed by atoms with E-state index in [4.69, 9.17) is 4.74 Å². The average molecular weight is 327 g/mol. The quantitative estimate of drug-likeness (QED) is 0.853. The van der Waals surface area contributed by atoms with E-state index in [0.29, 0.717) is 43.2 Å². The van der Waals surface area contributed by atoms with Gasteiger partial charge >= 0.3 is 0 Å². The Kier molecular flexibility index (Phi) is 4.66. The molecule has 6 heteroatoms. The van der Waals surface area contributed by atoms with Crippen LogP contribution in [-0.2, 0) is 19.7 Å². The molecule has 0 radical (unpaired) electrons. The number of hydrogen-bond acceptors (Lipinski definition) is 4. The molecule has 2 aromatic rings. The van der Waals surface area contributed by atoms with Crippen molar-refractivity contribution in [2.45, 2.75) is 26.6 Å². The number of amides is 1. The molecule has 0 fully saturated rings. The molecule has 0 aliphatic carbocycles. The summed E-state index contributed by atoms with van der Waals surface area (Å²) < 4.78 is 7.46. The highest BCUT2D eigenvalue weighted by Gasteiger charge is 2.23. The smallest absolute Gasteiger partial charge is 0.254 e. The number of benzene rings is 1. The molecule has 1 aromatic carbocycles. The number of hydrogen-bond donors (Lipinski definition) is 1. The summed E-state index contributed by atoms with van der Waals surface area (Å²) >= 11 is 0. The molecule has 1 aromatic heterocycles. The average Bonchev–Trinajstić information content (AvgIpc) is 3.02. The molecule has 0 saturated carbocycles. The van der Waals surface area contributed by atoms with Crippen molar-refractivity contribution in [3.05, 3.63) is 59.4 Å². The molecule has 1 N–H and O–H groups in total. The van der Waals surface area contributed by atoms with Crippen LogP contribution in [0.2, 0.25) is 0 Å². The van der Waals surface area contributed by atoms with Crippen molar-refractivity contribution in [3.63, 3.8) is 0 Å². The Balaban J connectivity index is 1.72. The second-order valence-corrected chi connectivity index (χ2v) is 6.01. The van der Waals surface area contributed by atoms with Crippen LogP contribution in [0.4, 0.5) is 0 Å². The Morgan fingerprint density at radius 2 is 2.21 bits per heavy atom. The first-order chi connectivity index (χ1) is 11.6. The van der Waals surface area contributed by atoms with Crippen molar-refractivity contribution in [1.82, 2.24) is 14.7 Å². The lowest BCUT2D eigenvalue weighted by Gasteiger charge is -2.27. The van der Waals surface area contributed by atoms with Gasteiger partial charge in [-0.3, -0.25) is 9.48 Å². The highest BCUT2D eigenvalue weighted by Crippen LogP contribution is 2.19. The van der Waals surface area contributed by atoms with Crippen molar-refractivity contribution >= 4 is 5.91 Å². The summed E-state index contributed by atoms with van der Waals surface area (Å²) in [7, 11) is 0. The van der Waals surface area contributed by atoms with Gasteiger partial charge in [0.05, 0.1) is 31.1 Å². The summed E-state index contributed by atoms with van der Waals surface area (Å²) in [6.45, 7) is 7.76. The van der Waals surface area contributed by atoms with Gasteiger partial charge in [0.2, 0.25) is 0 Å². The van der Waals surface area contributed by atoms with Crippen molar-refractivity contribution in [2.24, 2.45) is 0 Å². The van der Waals surface area contributed by atoms with Crippen LogP contribution in [-0.4, -0.2) is 38.8 Å². The Morgan fingerprint density at radius 1 is 1.38 bits per heavy atom. The molecule has 2 heterocycles. The molecule has 1 aliphatic rings. The maximum Gasteiger partial charge on any atom is 0.254 e. The predicted octanol–water partition coefficient (Wildman–Crippen LogP) is 1.99. The minimum absolute atomic E-state index is 0.0335. The van der Waals surface area contributed by atoms with E-state index < -0.39 is 0 Å². The Morgan fingerprint density at radius 3 is 2.96 bits per heavy atom. The van der Waals surface area contributed by atoms with Gasteiger partial charge in [-0.2, -0.15) is 5.10 Å².